The monoisotopic (exact) mass is 296 g/mol. The van der Waals surface area contributed by atoms with Gasteiger partial charge in [-0.1, -0.05) is 23.7 Å². The molecule has 0 bridgehead atoms. The van der Waals surface area contributed by atoms with Gasteiger partial charge in [0.15, 0.2) is 11.5 Å². The van der Waals surface area contributed by atoms with E-state index < -0.39 is 6.10 Å². The summed E-state index contributed by atoms with van der Waals surface area (Å²) in [6.07, 6.45) is -0.970. The Balaban J connectivity index is 2.43. The van der Waals surface area contributed by atoms with Crippen LogP contribution in [0.1, 0.15) is 17.2 Å². The zero-order valence-corrected chi connectivity index (χ0v) is 11.8. The standard InChI is InChI=1S/C15H14ClFO3/c1-19-13-7-11(12(16)8-14(13)20-2)15(18)9-3-5-10(17)6-4-9/h3-8,15,18H,1-2H3. The fourth-order valence-corrected chi connectivity index (χ4v) is 2.16. The first-order chi connectivity index (χ1) is 9.56. The highest BCUT2D eigenvalue weighted by molar-refractivity contribution is 6.31. The molecule has 0 fully saturated rings. The molecule has 5 heteroatoms. The topological polar surface area (TPSA) is 38.7 Å². The van der Waals surface area contributed by atoms with Crippen molar-refractivity contribution in [3.05, 3.63) is 58.4 Å². The van der Waals surface area contributed by atoms with E-state index in [1.165, 1.54) is 38.5 Å². The number of aliphatic hydroxyl groups is 1. The largest absolute Gasteiger partial charge is 0.493 e. The van der Waals surface area contributed by atoms with Gasteiger partial charge in [-0.3, -0.25) is 0 Å². The van der Waals surface area contributed by atoms with Gasteiger partial charge >= 0.3 is 0 Å². The Bertz CT molecular complexity index is 599. The molecule has 0 radical (unpaired) electrons. The lowest BCUT2D eigenvalue weighted by atomic mass is 10.0. The van der Waals surface area contributed by atoms with E-state index in [1.807, 2.05) is 0 Å². The van der Waals surface area contributed by atoms with E-state index in [-0.39, 0.29) is 5.82 Å². The third kappa shape index (κ3) is 2.86. The van der Waals surface area contributed by atoms with Gasteiger partial charge in [-0.15, -0.1) is 0 Å². The second-order valence-electron chi connectivity index (χ2n) is 4.18. The Labute approximate surface area is 121 Å². The van der Waals surface area contributed by atoms with Crippen molar-refractivity contribution in [3.63, 3.8) is 0 Å². The fourth-order valence-electron chi connectivity index (χ4n) is 1.90. The average molecular weight is 297 g/mol. The van der Waals surface area contributed by atoms with Crippen molar-refractivity contribution in [3.8, 4) is 11.5 Å². The van der Waals surface area contributed by atoms with Crippen molar-refractivity contribution in [1.82, 2.24) is 0 Å². The summed E-state index contributed by atoms with van der Waals surface area (Å²) in [5.74, 6) is 0.583. The first kappa shape index (κ1) is 14.6. The van der Waals surface area contributed by atoms with Gasteiger partial charge in [0.05, 0.1) is 19.2 Å². The zero-order chi connectivity index (χ0) is 14.7. The van der Waals surface area contributed by atoms with Crippen molar-refractivity contribution in [2.45, 2.75) is 6.10 Å². The second kappa shape index (κ2) is 6.11. The van der Waals surface area contributed by atoms with Crippen molar-refractivity contribution in [1.29, 1.82) is 0 Å². The molecule has 1 unspecified atom stereocenters. The van der Waals surface area contributed by atoms with E-state index >= 15 is 0 Å². The summed E-state index contributed by atoms with van der Waals surface area (Å²) in [6, 6.07) is 8.76. The van der Waals surface area contributed by atoms with Gasteiger partial charge in [0.2, 0.25) is 0 Å². The number of hydrogen-bond donors (Lipinski definition) is 1. The minimum Gasteiger partial charge on any atom is -0.493 e. The molecule has 0 aliphatic carbocycles. The SMILES string of the molecule is COc1cc(Cl)c(C(O)c2ccc(F)cc2)cc1OC. The number of benzene rings is 2. The molecule has 3 nitrogen and oxygen atoms in total. The molecule has 2 aromatic rings. The van der Waals surface area contributed by atoms with Crippen molar-refractivity contribution in [2.24, 2.45) is 0 Å². The van der Waals surface area contributed by atoms with Gasteiger partial charge in [0.1, 0.15) is 11.9 Å². The van der Waals surface area contributed by atoms with Crippen LogP contribution in [0.2, 0.25) is 5.02 Å². The highest BCUT2D eigenvalue weighted by atomic mass is 35.5. The number of hydrogen-bond acceptors (Lipinski definition) is 3. The molecule has 0 aliphatic rings. The molecular weight excluding hydrogens is 283 g/mol. The van der Waals surface area contributed by atoms with Crippen molar-refractivity contribution < 1.29 is 19.0 Å². The van der Waals surface area contributed by atoms with Gasteiger partial charge in [-0.05, 0) is 23.8 Å². The number of rotatable bonds is 4. The highest BCUT2D eigenvalue weighted by Gasteiger charge is 2.18. The first-order valence-corrected chi connectivity index (χ1v) is 6.29. The lowest BCUT2D eigenvalue weighted by Gasteiger charge is -2.16. The van der Waals surface area contributed by atoms with Crippen LogP contribution in [0.5, 0.6) is 11.5 Å². The van der Waals surface area contributed by atoms with Gasteiger partial charge in [-0.2, -0.15) is 0 Å². The Hall–Kier alpha value is -1.78. The molecule has 0 saturated carbocycles. The van der Waals surface area contributed by atoms with E-state index in [2.05, 4.69) is 0 Å². The third-order valence-electron chi connectivity index (χ3n) is 2.98. The van der Waals surface area contributed by atoms with E-state index in [0.29, 0.717) is 27.6 Å². The van der Waals surface area contributed by atoms with Crippen LogP contribution in [0.3, 0.4) is 0 Å². The van der Waals surface area contributed by atoms with E-state index in [9.17, 15) is 9.50 Å². The summed E-state index contributed by atoms with van der Waals surface area (Å²) < 4.78 is 23.2. The molecule has 0 amide bonds. The maximum absolute atomic E-state index is 12.9. The zero-order valence-electron chi connectivity index (χ0n) is 11.1. The molecule has 1 atom stereocenters. The maximum atomic E-state index is 12.9. The van der Waals surface area contributed by atoms with Crippen LogP contribution in [0.25, 0.3) is 0 Å². The smallest absolute Gasteiger partial charge is 0.162 e. The van der Waals surface area contributed by atoms with Crippen LogP contribution in [-0.2, 0) is 0 Å². The maximum Gasteiger partial charge on any atom is 0.162 e. The summed E-state index contributed by atoms with van der Waals surface area (Å²) in [6.45, 7) is 0. The van der Waals surface area contributed by atoms with Crippen LogP contribution in [0.4, 0.5) is 4.39 Å². The lowest BCUT2D eigenvalue weighted by Crippen LogP contribution is -2.02. The quantitative estimate of drug-likeness (QED) is 0.937. The van der Waals surface area contributed by atoms with Crippen LogP contribution in [0.15, 0.2) is 36.4 Å². The van der Waals surface area contributed by atoms with Gasteiger partial charge in [-0.25, -0.2) is 4.39 Å². The van der Waals surface area contributed by atoms with Gasteiger partial charge in [0, 0.05) is 11.6 Å². The summed E-state index contributed by atoms with van der Waals surface area (Å²) in [7, 11) is 3.00. The van der Waals surface area contributed by atoms with Crippen LogP contribution >= 0.6 is 11.6 Å². The Morgan fingerprint density at radius 3 is 2.15 bits per heavy atom. The van der Waals surface area contributed by atoms with Crippen LogP contribution < -0.4 is 9.47 Å². The molecule has 0 saturated heterocycles. The number of ether oxygens (including phenoxy) is 2. The Morgan fingerprint density at radius 2 is 1.60 bits per heavy atom. The molecule has 2 rings (SSSR count). The van der Waals surface area contributed by atoms with Crippen LogP contribution in [-0.4, -0.2) is 19.3 Å². The molecule has 0 aromatic heterocycles. The predicted octanol–water partition coefficient (Wildman–Crippen LogP) is 3.58. The fraction of sp³-hybridized carbons (Fsp3) is 0.200. The average Bonchev–Trinajstić information content (AvgIpc) is 2.47. The van der Waals surface area contributed by atoms with Crippen molar-refractivity contribution in [2.75, 3.05) is 14.2 Å². The molecule has 0 heterocycles. The minimum atomic E-state index is -0.970. The summed E-state index contributed by atoms with van der Waals surface area (Å²) in [4.78, 5) is 0. The third-order valence-corrected chi connectivity index (χ3v) is 3.31. The highest BCUT2D eigenvalue weighted by Crippen LogP contribution is 2.37. The Kier molecular flexibility index (Phi) is 4.47. The second-order valence-corrected chi connectivity index (χ2v) is 4.59. The molecule has 0 aliphatic heterocycles. The molecule has 106 valence electrons. The summed E-state index contributed by atoms with van der Waals surface area (Å²) in [5, 5.41) is 10.7. The molecule has 20 heavy (non-hydrogen) atoms. The van der Waals surface area contributed by atoms with Gasteiger partial charge in [0.25, 0.3) is 0 Å². The van der Waals surface area contributed by atoms with Gasteiger partial charge < -0.3 is 14.6 Å². The van der Waals surface area contributed by atoms with E-state index in [4.69, 9.17) is 21.1 Å². The van der Waals surface area contributed by atoms with Crippen molar-refractivity contribution >= 4 is 11.6 Å². The lowest BCUT2D eigenvalue weighted by molar-refractivity contribution is 0.219. The first-order valence-electron chi connectivity index (χ1n) is 5.91. The molecule has 2 aromatic carbocycles. The molecule has 0 spiro atoms. The number of aliphatic hydroxyl groups excluding tert-OH is 1. The van der Waals surface area contributed by atoms with E-state index in [1.54, 1.807) is 12.1 Å². The molecule has 1 N–H and O–H groups in total. The van der Waals surface area contributed by atoms with E-state index in [0.717, 1.165) is 0 Å². The minimum absolute atomic E-state index is 0.347. The normalized spacial score (nSPS) is 12.1. The summed E-state index contributed by atoms with van der Waals surface area (Å²) in [5.41, 5.74) is 1.01. The number of methoxy groups -OCH3 is 2. The predicted molar refractivity (Wildman–Crippen MR) is 75.0 cm³/mol. The number of halogens is 2. The van der Waals surface area contributed by atoms with Crippen LogP contribution in [0, 0.1) is 5.82 Å². The Morgan fingerprint density at radius 1 is 1.05 bits per heavy atom. The summed E-state index contributed by atoms with van der Waals surface area (Å²) >= 11 is 6.14. The molecular formula is C15H14ClFO3.